The maximum absolute atomic E-state index is 12.7. The summed E-state index contributed by atoms with van der Waals surface area (Å²) in [4.78, 5) is 12.7. The van der Waals surface area contributed by atoms with Crippen LogP contribution in [0.3, 0.4) is 0 Å². The highest BCUT2D eigenvalue weighted by atomic mass is 35.5. The lowest BCUT2D eigenvalue weighted by Gasteiger charge is -2.16. The van der Waals surface area contributed by atoms with Crippen molar-refractivity contribution in [3.63, 3.8) is 0 Å². The van der Waals surface area contributed by atoms with E-state index in [0.29, 0.717) is 28.7 Å². The molecule has 0 spiro atoms. The molecule has 1 saturated carbocycles. The Morgan fingerprint density at radius 2 is 1.96 bits per heavy atom. The van der Waals surface area contributed by atoms with E-state index in [9.17, 15) is 4.79 Å². The molecule has 4 rings (SSSR count). The second kappa shape index (κ2) is 8.39. The summed E-state index contributed by atoms with van der Waals surface area (Å²) < 4.78 is 6.05. The fourth-order valence-electron chi connectivity index (χ4n) is 3.30. The summed E-state index contributed by atoms with van der Waals surface area (Å²) in [7, 11) is 0. The van der Waals surface area contributed by atoms with Crippen LogP contribution < -0.4 is 10.1 Å². The number of carbonyl (C=O) groups excluding carboxylic acids is 1. The maximum atomic E-state index is 12.7. The number of hydrogen-bond donors (Lipinski definition) is 2. The summed E-state index contributed by atoms with van der Waals surface area (Å²) in [6.07, 6.45) is 4.55. The quantitative estimate of drug-likeness (QED) is 0.660. The molecule has 3 aromatic rings. The number of amides is 1. The SMILES string of the molecule is O=C(NCc1ccc(-c2nn[nH]n2)cc1)c1cc(Cl)ccc1OC1CCCC1. The number of rotatable bonds is 6. The van der Waals surface area contributed by atoms with Crippen LogP contribution in [0.25, 0.3) is 11.4 Å². The van der Waals surface area contributed by atoms with Gasteiger partial charge in [-0.2, -0.15) is 5.21 Å². The van der Waals surface area contributed by atoms with Crippen molar-refractivity contribution in [3.05, 3.63) is 58.6 Å². The van der Waals surface area contributed by atoms with Crippen molar-refractivity contribution < 1.29 is 9.53 Å². The minimum absolute atomic E-state index is 0.172. The molecule has 0 saturated heterocycles. The smallest absolute Gasteiger partial charge is 0.255 e. The van der Waals surface area contributed by atoms with E-state index in [2.05, 4.69) is 25.9 Å². The van der Waals surface area contributed by atoms with Crippen LogP contribution >= 0.6 is 11.6 Å². The normalized spacial score (nSPS) is 14.2. The van der Waals surface area contributed by atoms with Crippen LogP contribution in [0.1, 0.15) is 41.6 Å². The van der Waals surface area contributed by atoms with Crippen LogP contribution in [-0.2, 0) is 6.54 Å². The van der Waals surface area contributed by atoms with Gasteiger partial charge in [0, 0.05) is 17.1 Å². The predicted molar refractivity (Wildman–Crippen MR) is 105 cm³/mol. The van der Waals surface area contributed by atoms with Crippen LogP contribution in [0, 0.1) is 0 Å². The third-order valence-corrected chi connectivity index (χ3v) is 5.03. The van der Waals surface area contributed by atoms with Gasteiger partial charge in [-0.3, -0.25) is 4.79 Å². The molecule has 0 radical (unpaired) electrons. The summed E-state index contributed by atoms with van der Waals surface area (Å²) in [5.41, 5.74) is 2.27. The van der Waals surface area contributed by atoms with Crippen molar-refractivity contribution in [3.8, 4) is 17.1 Å². The Balaban J connectivity index is 1.42. The Labute approximate surface area is 167 Å². The molecule has 2 aromatic carbocycles. The van der Waals surface area contributed by atoms with Gasteiger partial charge in [0.15, 0.2) is 0 Å². The van der Waals surface area contributed by atoms with Crippen LogP contribution in [-0.4, -0.2) is 32.6 Å². The molecule has 1 aliphatic rings. The number of benzene rings is 2. The number of hydrogen-bond acceptors (Lipinski definition) is 5. The van der Waals surface area contributed by atoms with Crippen LogP contribution in [0.5, 0.6) is 5.75 Å². The zero-order valence-electron chi connectivity index (χ0n) is 15.2. The Hall–Kier alpha value is -2.93. The molecular weight excluding hydrogens is 378 g/mol. The van der Waals surface area contributed by atoms with Crippen molar-refractivity contribution in [2.75, 3.05) is 0 Å². The summed E-state index contributed by atoms with van der Waals surface area (Å²) in [6.45, 7) is 0.390. The van der Waals surface area contributed by atoms with Gasteiger partial charge < -0.3 is 10.1 Å². The van der Waals surface area contributed by atoms with E-state index in [-0.39, 0.29) is 12.0 Å². The average molecular weight is 398 g/mol. The summed E-state index contributed by atoms with van der Waals surface area (Å²) in [5, 5.41) is 17.3. The molecule has 0 bridgehead atoms. The highest BCUT2D eigenvalue weighted by Gasteiger charge is 2.20. The first-order valence-corrected chi connectivity index (χ1v) is 9.64. The highest BCUT2D eigenvalue weighted by molar-refractivity contribution is 6.31. The molecule has 0 unspecified atom stereocenters. The number of aromatic amines is 1. The molecule has 8 heteroatoms. The third-order valence-electron chi connectivity index (χ3n) is 4.79. The van der Waals surface area contributed by atoms with Crippen molar-refractivity contribution in [1.29, 1.82) is 0 Å². The Morgan fingerprint density at radius 3 is 2.68 bits per heavy atom. The molecule has 1 fully saturated rings. The maximum Gasteiger partial charge on any atom is 0.255 e. The third kappa shape index (κ3) is 4.31. The minimum Gasteiger partial charge on any atom is -0.490 e. The number of aromatic nitrogens is 4. The van der Waals surface area contributed by atoms with Gasteiger partial charge in [0.05, 0.1) is 11.7 Å². The first-order valence-electron chi connectivity index (χ1n) is 9.26. The Morgan fingerprint density at radius 1 is 1.18 bits per heavy atom. The zero-order valence-corrected chi connectivity index (χ0v) is 15.9. The van der Waals surface area contributed by atoms with Crippen molar-refractivity contribution in [2.45, 2.75) is 38.3 Å². The highest BCUT2D eigenvalue weighted by Crippen LogP contribution is 2.28. The Bertz CT molecular complexity index is 938. The van der Waals surface area contributed by atoms with Gasteiger partial charge in [-0.05, 0) is 54.7 Å². The standard InChI is InChI=1S/C20H20ClN5O2/c21-15-9-10-18(28-16-3-1-2-4-16)17(11-15)20(27)22-12-13-5-7-14(8-6-13)19-23-25-26-24-19/h5-11,16H,1-4,12H2,(H,22,27)(H,23,24,25,26). The van der Waals surface area contributed by atoms with E-state index in [0.717, 1.165) is 24.0 Å². The van der Waals surface area contributed by atoms with Gasteiger partial charge in [0.2, 0.25) is 5.82 Å². The van der Waals surface area contributed by atoms with E-state index < -0.39 is 0 Å². The number of nitrogens with one attached hydrogen (secondary N) is 2. The molecule has 28 heavy (non-hydrogen) atoms. The minimum atomic E-state index is -0.210. The lowest BCUT2D eigenvalue weighted by molar-refractivity contribution is 0.0943. The van der Waals surface area contributed by atoms with E-state index >= 15 is 0 Å². The molecule has 2 N–H and O–H groups in total. The molecule has 1 aliphatic carbocycles. The average Bonchev–Trinajstić information content (AvgIpc) is 3.42. The van der Waals surface area contributed by atoms with Crippen LogP contribution in [0.4, 0.5) is 0 Å². The zero-order chi connectivity index (χ0) is 19.3. The molecule has 1 heterocycles. The first kappa shape index (κ1) is 18.4. The molecule has 144 valence electrons. The molecule has 1 amide bonds. The largest absolute Gasteiger partial charge is 0.490 e. The van der Waals surface area contributed by atoms with Gasteiger partial charge in [-0.25, -0.2) is 0 Å². The van der Waals surface area contributed by atoms with Crippen molar-refractivity contribution in [2.24, 2.45) is 0 Å². The lowest BCUT2D eigenvalue weighted by atomic mass is 10.1. The molecular formula is C20H20ClN5O2. The molecule has 0 atom stereocenters. The topological polar surface area (TPSA) is 92.8 Å². The van der Waals surface area contributed by atoms with E-state index in [4.69, 9.17) is 16.3 Å². The van der Waals surface area contributed by atoms with E-state index in [1.807, 2.05) is 24.3 Å². The summed E-state index contributed by atoms with van der Waals surface area (Å²) in [6, 6.07) is 12.8. The molecule has 1 aromatic heterocycles. The number of tetrazole rings is 1. The number of ether oxygens (including phenoxy) is 1. The first-order chi connectivity index (χ1) is 13.7. The number of nitrogens with zero attached hydrogens (tertiary/aromatic N) is 3. The van der Waals surface area contributed by atoms with Crippen LogP contribution in [0.2, 0.25) is 5.02 Å². The summed E-state index contributed by atoms with van der Waals surface area (Å²) >= 11 is 6.11. The van der Waals surface area contributed by atoms with Gasteiger partial charge in [0.1, 0.15) is 5.75 Å². The van der Waals surface area contributed by atoms with E-state index in [1.165, 1.54) is 12.8 Å². The fraction of sp³-hybridized carbons (Fsp3) is 0.300. The molecule has 7 nitrogen and oxygen atoms in total. The Kier molecular flexibility index (Phi) is 5.53. The number of H-pyrrole nitrogens is 1. The van der Waals surface area contributed by atoms with Crippen LogP contribution in [0.15, 0.2) is 42.5 Å². The van der Waals surface area contributed by atoms with Gasteiger partial charge in [0.25, 0.3) is 5.91 Å². The van der Waals surface area contributed by atoms with Crippen molar-refractivity contribution >= 4 is 17.5 Å². The monoisotopic (exact) mass is 397 g/mol. The predicted octanol–water partition coefficient (Wildman–Crippen LogP) is 3.77. The van der Waals surface area contributed by atoms with Gasteiger partial charge in [-0.15, -0.1) is 10.2 Å². The second-order valence-corrected chi connectivity index (χ2v) is 7.22. The number of halogens is 1. The fourth-order valence-corrected chi connectivity index (χ4v) is 3.47. The second-order valence-electron chi connectivity index (χ2n) is 6.78. The number of carbonyl (C=O) groups is 1. The van der Waals surface area contributed by atoms with E-state index in [1.54, 1.807) is 18.2 Å². The van der Waals surface area contributed by atoms with Gasteiger partial charge >= 0.3 is 0 Å². The van der Waals surface area contributed by atoms with Gasteiger partial charge in [-0.1, -0.05) is 35.9 Å². The van der Waals surface area contributed by atoms with Crippen molar-refractivity contribution in [1.82, 2.24) is 25.9 Å². The summed E-state index contributed by atoms with van der Waals surface area (Å²) in [5.74, 6) is 0.905. The molecule has 0 aliphatic heterocycles. The lowest BCUT2D eigenvalue weighted by Crippen LogP contribution is -2.24.